The van der Waals surface area contributed by atoms with Gasteiger partial charge in [0, 0.05) is 12.5 Å². The Labute approximate surface area is 193 Å². The topological polar surface area (TPSA) is 40.5 Å². The molecule has 6 heteroatoms. The summed E-state index contributed by atoms with van der Waals surface area (Å²) in [6, 6.07) is 5.42. The fourth-order valence-electron chi connectivity index (χ4n) is 7.90. The van der Waals surface area contributed by atoms with Crippen LogP contribution >= 0.6 is 0 Å². The number of hydrogen-bond acceptors (Lipinski definition) is 2. The van der Waals surface area contributed by atoms with E-state index >= 15 is 0 Å². The number of benzene rings is 1. The number of carbonyl (C=O) groups is 1. The zero-order valence-corrected chi connectivity index (χ0v) is 19.4. The molecule has 1 aromatic carbocycles. The molecule has 33 heavy (non-hydrogen) atoms. The highest BCUT2D eigenvalue weighted by Gasteiger charge is 2.61. The van der Waals surface area contributed by atoms with E-state index < -0.39 is 11.7 Å². The summed E-state index contributed by atoms with van der Waals surface area (Å²) in [5, 5.41) is 10.8. The molecule has 1 amide bonds. The van der Waals surface area contributed by atoms with Gasteiger partial charge in [-0.1, -0.05) is 44.2 Å². The fourth-order valence-corrected chi connectivity index (χ4v) is 7.90. The number of amides is 1. The van der Waals surface area contributed by atoms with Gasteiger partial charge in [0.25, 0.3) is 0 Å². The molecule has 1 aliphatic heterocycles. The van der Waals surface area contributed by atoms with Gasteiger partial charge in [0.1, 0.15) is 0 Å². The minimum absolute atomic E-state index is 0.108. The van der Waals surface area contributed by atoms with Crippen molar-refractivity contribution in [2.24, 2.45) is 28.6 Å². The van der Waals surface area contributed by atoms with Gasteiger partial charge in [-0.2, -0.15) is 13.2 Å². The lowest BCUT2D eigenvalue weighted by Crippen LogP contribution is -2.60. The predicted octanol–water partition coefficient (Wildman–Crippen LogP) is 5.70. The van der Waals surface area contributed by atoms with Crippen LogP contribution in [-0.2, 0) is 11.0 Å². The average Bonchev–Trinajstić information content (AvgIpc) is 3.05. The van der Waals surface area contributed by atoms with Crippen LogP contribution in [0.15, 0.2) is 42.0 Å². The van der Waals surface area contributed by atoms with Crippen molar-refractivity contribution >= 4 is 12.0 Å². The molecule has 0 bridgehead atoms. The molecule has 3 saturated carbocycles. The van der Waals surface area contributed by atoms with Crippen molar-refractivity contribution in [1.82, 2.24) is 4.90 Å². The molecule has 3 aliphatic carbocycles. The minimum Gasteiger partial charge on any atom is -0.393 e. The Kier molecular flexibility index (Phi) is 5.13. The maximum Gasteiger partial charge on any atom is 0.416 e. The molecule has 0 unspecified atom stereocenters. The van der Waals surface area contributed by atoms with Gasteiger partial charge in [0.15, 0.2) is 0 Å². The molecule has 3 nitrogen and oxygen atoms in total. The highest BCUT2D eigenvalue weighted by atomic mass is 19.4. The van der Waals surface area contributed by atoms with Crippen LogP contribution in [0.25, 0.3) is 6.08 Å². The lowest BCUT2D eigenvalue weighted by atomic mass is 9.47. The number of aliphatic hydroxyl groups is 1. The molecule has 0 radical (unpaired) electrons. The van der Waals surface area contributed by atoms with Crippen LogP contribution in [0.5, 0.6) is 0 Å². The summed E-state index contributed by atoms with van der Waals surface area (Å²) in [7, 11) is 1.77. The third-order valence-corrected chi connectivity index (χ3v) is 9.52. The fraction of sp³-hybridized carbons (Fsp3) is 0.593. The normalized spacial score (nSPS) is 41.7. The standard InChI is InChI=1S/C27H32F3NO2/c1-25-12-10-21-18(20(25)8-9-22(25)32)15-17(24-26(21,2)13-11-23(33)31(24)3)14-16-6-4-5-7-19(16)27(28,29)30/h4-7,11,13-14,18,20-22,24,32H,8-10,12,15H2,1-3H3/t18-,20-,21-,22-,24+,25-,26+/m0/s1. The number of fused-ring (bicyclic) bond motifs is 5. The highest BCUT2D eigenvalue weighted by molar-refractivity contribution is 5.89. The molecule has 7 atom stereocenters. The summed E-state index contributed by atoms with van der Waals surface area (Å²) in [6.45, 7) is 4.36. The first-order chi connectivity index (χ1) is 15.5. The summed E-state index contributed by atoms with van der Waals surface area (Å²) in [6.07, 6.45) is 4.90. The third-order valence-electron chi connectivity index (χ3n) is 9.52. The number of hydrogen-bond donors (Lipinski definition) is 1. The first kappa shape index (κ1) is 22.7. The first-order valence-electron chi connectivity index (χ1n) is 12.0. The second-order valence-corrected chi connectivity index (χ2v) is 11.1. The number of alkyl halides is 3. The molecular weight excluding hydrogens is 427 g/mol. The number of nitrogens with zero attached hydrogens (tertiary/aromatic N) is 1. The lowest BCUT2D eigenvalue weighted by molar-refractivity contribution is -0.138. The summed E-state index contributed by atoms with van der Waals surface area (Å²) >= 11 is 0. The van der Waals surface area contributed by atoms with Gasteiger partial charge in [-0.15, -0.1) is 0 Å². The monoisotopic (exact) mass is 459 g/mol. The van der Waals surface area contributed by atoms with Crippen molar-refractivity contribution in [1.29, 1.82) is 0 Å². The Morgan fingerprint density at radius 3 is 2.58 bits per heavy atom. The quantitative estimate of drug-likeness (QED) is 0.585. The highest BCUT2D eigenvalue weighted by Crippen LogP contribution is 2.65. The van der Waals surface area contributed by atoms with Gasteiger partial charge in [-0.25, -0.2) is 0 Å². The van der Waals surface area contributed by atoms with Crippen molar-refractivity contribution < 1.29 is 23.1 Å². The van der Waals surface area contributed by atoms with Gasteiger partial charge in [0.2, 0.25) is 5.91 Å². The Balaban J connectivity index is 1.65. The van der Waals surface area contributed by atoms with Crippen LogP contribution in [0.4, 0.5) is 13.2 Å². The van der Waals surface area contributed by atoms with Crippen LogP contribution in [-0.4, -0.2) is 35.1 Å². The van der Waals surface area contributed by atoms with Crippen LogP contribution < -0.4 is 0 Å². The molecule has 1 heterocycles. The summed E-state index contributed by atoms with van der Waals surface area (Å²) in [5.41, 5.74) is -0.0900. The Hall–Kier alpha value is -2.08. The van der Waals surface area contributed by atoms with Crippen molar-refractivity contribution in [3.63, 3.8) is 0 Å². The molecule has 1 aromatic rings. The summed E-state index contributed by atoms with van der Waals surface area (Å²) in [4.78, 5) is 14.4. The van der Waals surface area contributed by atoms with Crippen LogP contribution in [0.2, 0.25) is 0 Å². The predicted molar refractivity (Wildman–Crippen MR) is 121 cm³/mol. The molecule has 3 fully saturated rings. The largest absolute Gasteiger partial charge is 0.416 e. The number of aliphatic hydroxyl groups excluding tert-OH is 1. The third kappa shape index (κ3) is 3.31. The van der Waals surface area contributed by atoms with E-state index in [4.69, 9.17) is 0 Å². The SMILES string of the molecule is CN1C(=O)C=C[C@]2(C)[C@H]3CC[C@]4(C)[C@@H](O)CC[C@H]4[C@@H]3CC(=Cc3ccccc3C(F)(F)F)[C@@H]12. The van der Waals surface area contributed by atoms with E-state index in [2.05, 4.69) is 13.8 Å². The summed E-state index contributed by atoms with van der Waals surface area (Å²) in [5.74, 6) is 0.829. The molecular formula is C27H32F3NO2. The second kappa shape index (κ2) is 7.46. The Bertz CT molecular complexity index is 1030. The molecule has 178 valence electrons. The Morgan fingerprint density at radius 1 is 1.12 bits per heavy atom. The van der Waals surface area contributed by atoms with E-state index in [0.29, 0.717) is 18.3 Å². The zero-order chi connectivity index (χ0) is 23.8. The van der Waals surface area contributed by atoms with E-state index in [1.165, 1.54) is 12.1 Å². The van der Waals surface area contributed by atoms with Crippen LogP contribution in [0.3, 0.4) is 0 Å². The van der Waals surface area contributed by atoms with E-state index in [9.17, 15) is 23.1 Å². The number of carbonyl (C=O) groups excluding carboxylic acids is 1. The lowest BCUT2D eigenvalue weighted by Gasteiger charge is -2.60. The number of halogens is 3. The minimum atomic E-state index is -4.44. The number of rotatable bonds is 1. The molecule has 0 saturated heterocycles. The van der Waals surface area contributed by atoms with E-state index in [0.717, 1.165) is 37.3 Å². The second-order valence-electron chi connectivity index (χ2n) is 11.1. The average molecular weight is 460 g/mol. The van der Waals surface area contributed by atoms with Crippen molar-refractivity contribution in [2.75, 3.05) is 7.05 Å². The maximum absolute atomic E-state index is 13.8. The first-order valence-corrected chi connectivity index (χ1v) is 12.0. The van der Waals surface area contributed by atoms with Gasteiger partial charge in [0.05, 0.1) is 17.7 Å². The van der Waals surface area contributed by atoms with Crippen molar-refractivity contribution in [3.8, 4) is 0 Å². The van der Waals surface area contributed by atoms with Gasteiger partial charge >= 0.3 is 6.18 Å². The number of likely N-dealkylation sites (N-methyl/N-ethyl adjacent to an activating group) is 1. The smallest absolute Gasteiger partial charge is 0.393 e. The van der Waals surface area contributed by atoms with Crippen LogP contribution in [0, 0.1) is 28.6 Å². The van der Waals surface area contributed by atoms with E-state index in [1.807, 2.05) is 6.08 Å². The maximum atomic E-state index is 13.8. The van der Waals surface area contributed by atoms with Crippen molar-refractivity contribution in [2.45, 2.75) is 64.3 Å². The molecule has 0 aromatic heterocycles. The molecule has 4 aliphatic rings. The van der Waals surface area contributed by atoms with Gasteiger partial charge in [-0.3, -0.25) is 4.79 Å². The van der Waals surface area contributed by atoms with Gasteiger partial charge in [-0.05, 0) is 78.6 Å². The van der Waals surface area contributed by atoms with E-state index in [1.54, 1.807) is 30.2 Å². The van der Waals surface area contributed by atoms with Crippen LogP contribution in [0.1, 0.15) is 57.1 Å². The van der Waals surface area contributed by atoms with E-state index in [-0.39, 0.29) is 40.4 Å². The Morgan fingerprint density at radius 2 is 1.85 bits per heavy atom. The summed E-state index contributed by atoms with van der Waals surface area (Å²) < 4.78 is 41.3. The van der Waals surface area contributed by atoms with Crippen molar-refractivity contribution in [3.05, 3.63) is 53.1 Å². The van der Waals surface area contributed by atoms with Gasteiger partial charge < -0.3 is 10.0 Å². The molecule has 5 rings (SSSR count). The zero-order valence-electron chi connectivity index (χ0n) is 19.4. The molecule has 0 spiro atoms. The molecule has 1 N–H and O–H groups in total.